The van der Waals surface area contributed by atoms with Crippen LogP contribution in [0, 0.1) is 11.3 Å². The smallest absolute Gasteiger partial charge is 0.237 e. The van der Waals surface area contributed by atoms with Crippen molar-refractivity contribution in [2.75, 3.05) is 10.6 Å². The number of nitrogens with zero attached hydrogens (tertiary/aromatic N) is 3. The number of carbonyl (C=O) groups excluding carboxylic acids is 1. The maximum Gasteiger partial charge on any atom is 0.237 e. The minimum atomic E-state index is -0.355. The molecule has 0 aliphatic heterocycles. The Kier molecular flexibility index (Phi) is 5.88. The van der Waals surface area contributed by atoms with Gasteiger partial charge in [0, 0.05) is 5.69 Å². The Hall–Kier alpha value is -2.83. The van der Waals surface area contributed by atoms with Gasteiger partial charge in [-0.25, -0.2) is 0 Å². The first-order chi connectivity index (χ1) is 12.6. The van der Waals surface area contributed by atoms with E-state index >= 15 is 0 Å². The van der Waals surface area contributed by atoms with E-state index in [1.165, 1.54) is 23.1 Å². The van der Waals surface area contributed by atoms with Crippen LogP contribution < -0.4 is 10.6 Å². The van der Waals surface area contributed by atoms with E-state index < -0.39 is 0 Å². The fourth-order valence-electron chi connectivity index (χ4n) is 2.02. The predicted octanol–water partition coefficient (Wildman–Crippen LogP) is 3.73. The topological polar surface area (TPSA) is 104 Å². The van der Waals surface area contributed by atoms with Crippen molar-refractivity contribution in [3.63, 3.8) is 0 Å². The molecule has 1 amide bonds. The second kappa shape index (κ2) is 8.51. The van der Waals surface area contributed by atoms with Crippen LogP contribution >= 0.6 is 23.1 Å². The highest BCUT2D eigenvalue weighted by Crippen LogP contribution is 2.29. The average Bonchev–Trinajstić information content (AvgIpc) is 3.31. The van der Waals surface area contributed by atoms with Crippen LogP contribution in [0.5, 0.6) is 0 Å². The SMILES string of the molecule is CC(Sc1nnc(NCc2ccco2)s1)C(=O)Nc1cccc(C#N)c1. The van der Waals surface area contributed by atoms with Gasteiger partial charge in [0.15, 0.2) is 4.34 Å². The minimum Gasteiger partial charge on any atom is -0.467 e. The Morgan fingerprint density at radius 2 is 2.27 bits per heavy atom. The molecule has 0 saturated carbocycles. The van der Waals surface area contributed by atoms with E-state index in [0.29, 0.717) is 27.3 Å². The first kappa shape index (κ1) is 18.0. The molecule has 0 radical (unpaired) electrons. The van der Waals surface area contributed by atoms with Crippen LogP contribution in [0.2, 0.25) is 0 Å². The second-order valence-corrected chi connectivity index (χ2v) is 7.81. The molecular formula is C17H15N5O2S2. The van der Waals surface area contributed by atoms with Crippen LogP contribution in [-0.4, -0.2) is 21.4 Å². The Morgan fingerprint density at radius 1 is 1.38 bits per heavy atom. The summed E-state index contributed by atoms with van der Waals surface area (Å²) in [6.07, 6.45) is 1.62. The summed E-state index contributed by atoms with van der Waals surface area (Å²) in [7, 11) is 0. The van der Waals surface area contributed by atoms with E-state index in [1.807, 2.05) is 18.2 Å². The molecule has 1 unspecified atom stereocenters. The molecule has 2 heterocycles. The van der Waals surface area contributed by atoms with Crippen molar-refractivity contribution in [3.05, 3.63) is 54.0 Å². The van der Waals surface area contributed by atoms with Gasteiger partial charge in [-0.05, 0) is 37.3 Å². The van der Waals surface area contributed by atoms with E-state index in [0.717, 1.165) is 5.76 Å². The van der Waals surface area contributed by atoms with Crippen LogP contribution in [0.1, 0.15) is 18.2 Å². The maximum atomic E-state index is 12.3. The van der Waals surface area contributed by atoms with Gasteiger partial charge < -0.3 is 15.1 Å². The van der Waals surface area contributed by atoms with E-state index in [4.69, 9.17) is 9.68 Å². The first-order valence-electron chi connectivity index (χ1n) is 7.71. The fourth-order valence-corrected chi connectivity index (χ4v) is 3.91. The van der Waals surface area contributed by atoms with Gasteiger partial charge in [-0.2, -0.15) is 5.26 Å². The fraction of sp³-hybridized carbons (Fsp3) is 0.176. The monoisotopic (exact) mass is 385 g/mol. The summed E-state index contributed by atoms with van der Waals surface area (Å²) in [5, 5.41) is 23.3. The molecule has 1 atom stereocenters. The molecule has 7 nitrogen and oxygen atoms in total. The Balaban J connectivity index is 1.53. The molecule has 0 aliphatic rings. The van der Waals surface area contributed by atoms with Crippen molar-refractivity contribution in [2.45, 2.75) is 23.1 Å². The molecule has 0 fully saturated rings. The molecule has 0 spiro atoms. The number of anilines is 2. The third-order valence-electron chi connectivity index (χ3n) is 3.31. The molecule has 3 rings (SSSR count). The largest absolute Gasteiger partial charge is 0.467 e. The van der Waals surface area contributed by atoms with Crippen molar-refractivity contribution < 1.29 is 9.21 Å². The lowest BCUT2D eigenvalue weighted by Crippen LogP contribution is -2.22. The van der Waals surface area contributed by atoms with Gasteiger partial charge in [-0.15, -0.1) is 10.2 Å². The molecule has 0 aliphatic carbocycles. The highest BCUT2D eigenvalue weighted by Gasteiger charge is 2.17. The molecule has 2 N–H and O–H groups in total. The van der Waals surface area contributed by atoms with E-state index in [2.05, 4.69) is 20.8 Å². The third-order valence-corrected chi connectivity index (χ3v) is 5.37. The molecule has 9 heteroatoms. The summed E-state index contributed by atoms with van der Waals surface area (Å²) in [4.78, 5) is 12.3. The number of thioether (sulfide) groups is 1. The minimum absolute atomic E-state index is 0.162. The zero-order valence-corrected chi connectivity index (χ0v) is 15.4. The lowest BCUT2D eigenvalue weighted by Gasteiger charge is -2.10. The van der Waals surface area contributed by atoms with Crippen molar-refractivity contribution in [1.29, 1.82) is 5.26 Å². The van der Waals surface area contributed by atoms with Crippen LogP contribution in [-0.2, 0) is 11.3 Å². The third kappa shape index (κ3) is 4.84. The number of rotatable bonds is 7. The summed E-state index contributed by atoms with van der Waals surface area (Å²) < 4.78 is 5.94. The van der Waals surface area contributed by atoms with Crippen molar-refractivity contribution >= 4 is 39.8 Å². The zero-order chi connectivity index (χ0) is 18.4. The summed E-state index contributed by atoms with van der Waals surface area (Å²) >= 11 is 2.71. The van der Waals surface area contributed by atoms with Gasteiger partial charge in [-0.1, -0.05) is 29.2 Å². The second-order valence-electron chi connectivity index (χ2n) is 5.25. The highest BCUT2D eigenvalue weighted by atomic mass is 32.2. The van der Waals surface area contributed by atoms with Gasteiger partial charge >= 0.3 is 0 Å². The number of hydrogen-bond acceptors (Lipinski definition) is 8. The van der Waals surface area contributed by atoms with Crippen LogP contribution in [0.4, 0.5) is 10.8 Å². The number of benzene rings is 1. The highest BCUT2D eigenvalue weighted by molar-refractivity contribution is 8.02. The van der Waals surface area contributed by atoms with Crippen molar-refractivity contribution in [1.82, 2.24) is 10.2 Å². The molecule has 26 heavy (non-hydrogen) atoms. The van der Waals surface area contributed by atoms with Crippen LogP contribution in [0.3, 0.4) is 0 Å². The van der Waals surface area contributed by atoms with Gasteiger partial charge in [-0.3, -0.25) is 4.79 Å². The Morgan fingerprint density at radius 3 is 3.04 bits per heavy atom. The Labute approximate surface area is 158 Å². The number of hydrogen-bond donors (Lipinski definition) is 2. The Bertz CT molecular complexity index is 917. The van der Waals surface area contributed by atoms with E-state index in [9.17, 15) is 4.79 Å². The summed E-state index contributed by atoms with van der Waals surface area (Å²) in [6, 6.07) is 12.5. The summed E-state index contributed by atoms with van der Waals surface area (Å²) in [5.41, 5.74) is 1.10. The zero-order valence-electron chi connectivity index (χ0n) is 13.8. The number of furan rings is 1. The molecule has 0 saturated heterocycles. The number of nitrogens with one attached hydrogen (secondary N) is 2. The molecule has 132 valence electrons. The molecule has 3 aromatic rings. The quantitative estimate of drug-likeness (QED) is 0.597. The lowest BCUT2D eigenvalue weighted by molar-refractivity contribution is -0.115. The summed E-state index contributed by atoms with van der Waals surface area (Å²) in [5.74, 6) is 0.645. The van der Waals surface area contributed by atoms with Crippen molar-refractivity contribution in [2.24, 2.45) is 0 Å². The molecule has 2 aromatic heterocycles. The number of aromatic nitrogens is 2. The van der Waals surface area contributed by atoms with Gasteiger partial charge in [0.25, 0.3) is 0 Å². The van der Waals surface area contributed by atoms with E-state index in [-0.39, 0.29) is 11.2 Å². The number of carbonyl (C=O) groups is 1. The maximum absolute atomic E-state index is 12.3. The predicted molar refractivity (Wildman–Crippen MR) is 101 cm³/mol. The first-order valence-corrected chi connectivity index (χ1v) is 9.41. The van der Waals surface area contributed by atoms with E-state index in [1.54, 1.807) is 37.5 Å². The summed E-state index contributed by atoms with van der Waals surface area (Å²) in [6.45, 7) is 2.32. The lowest BCUT2D eigenvalue weighted by atomic mass is 10.2. The van der Waals surface area contributed by atoms with Gasteiger partial charge in [0.05, 0.1) is 29.7 Å². The average molecular weight is 385 g/mol. The number of nitriles is 1. The molecular weight excluding hydrogens is 370 g/mol. The van der Waals surface area contributed by atoms with Crippen LogP contribution in [0.25, 0.3) is 0 Å². The molecule has 1 aromatic carbocycles. The normalized spacial score (nSPS) is 11.5. The van der Waals surface area contributed by atoms with Crippen molar-refractivity contribution in [3.8, 4) is 6.07 Å². The van der Waals surface area contributed by atoms with Crippen LogP contribution in [0.15, 0.2) is 51.4 Å². The number of amides is 1. The van der Waals surface area contributed by atoms with Gasteiger partial charge in [0.2, 0.25) is 11.0 Å². The molecule has 0 bridgehead atoms. The van der Waals surface area contributed by atoms with Gasteiger partial charge in [0.1, 0.15) is 5.76 Å². The standard InChI is InChI=1S/C17H15N5O2S2/c1-11(15(23)20-13-5-2-4-12(8-13)9-18)25-17-22-21-16(26-17)19-10-14-6-3-7-24-14/h2-8,11H,10H2,1H3,(H,19,21)(H,20,23).